The minimum absolute atomic E-state index is 0.807. The van der Waals surface area contributed by atoms with Crippen LogP contribution in [0.25, 0.3) is 0 Å². The predicted molar refractivity (Wildman–Crippen MR) is 67.1 cm³/mol. The summed E-state index contributed by atoms with van der Waals surface area (Å²) in [6, 6.07) is 1.98. The fourth-order valence-corrected chi connectivity index (χ4v) is 2.27. The van der Waals surface area contributed by atoms with Crippen LogP contribution in [0, 0.1) is 5.92 Å². The zero-order valence-electron chi connectivity index (χ0n) is 10.7. The largest absolute Gasteiger partial charge is 0.481 e. The van der Waals surface area contributed by atoms with Gasteiger partial charge < -0.3 is 15.4 Å². The Morgan fingerprint density at radius 2 is 2.29 bits per heavy atom. The van der Waals surface area contributed by atoms with E-state index in [4.69, 9.17) is 4.74 Å². The van der Waals surface area contributed by atoms with Gasteiger partial charge in [-0.3, -0.25) is 0 Å². The maximum absolute atomic E-state index is 5.19. The van der Waals surface area contributed by atoms with E-state index < -0.39 is 0 Å². The van der Waals surface area contributed by atoms with E-state index in [9.17, 15) is 0 Å². The molecule has 1 aromatic rings. The molecule has 1 aliphatic heterocycles. The molecule has 1 saturated heterocycles. The Balaban J connectivity index is 1.73. The monoisotopic (exact) mass is 238 g/mol. The van der Waals surface area contributed by atoms with Crippen LogP contribution < -0.4 is 15.4 Å². The molecule has 1 fully saturated rings. The molecule has 0 aromatic carbocycles. The van der Waals surface area contributed by atoms with E-state index in [2.05, 4.69) is 15.7 Å². The van der Waals surface area contributed by atoms with Crippen LogP contribution in [0.15, 0.2) is 6.07 Å². The van der Waals surface area contributed by atoms with Gasteiger partial charge in [0.25, 0.3) is 0 Å². The number of hydrogen-bond acceptors (Lipinski definition) is 4. The van der Waals surface area contributed by atoms with E-state index in [1.54, 1.807) is 11.8 Å². The Kier molecular flexibility index (Phi) is 4.39. The molecule has 0 atom stereocenters. The highest BCUT2D eigenvalue weighted by Gasteiger charge is 2.12. The molecule has 0 amide bonds. The van der Waals surface area contributed by atoms with Gasteiger partial charge in [-0.2, -0.15) is 5.10 Å². The van der Waals surface area contributed by atoms with Crippen LogP contribution in [0.2, 0.25) is 0 Å². The second-order valence-electron chi connectivity index (χ2n) is 4.63. The van der Waals surface area contributed by atoms with E-state index in [0.717, 1.165) is 43.7 Å². The van der Waals surface area contributed by atoms with Gasteiger partial charge in [0.2, 0.25) is 5.88 Å². The van der Waals surface area contributed by atoms with Crippen molar-refractivity contribution in [3.05, 3.63) is 11.8 Å². The standard InChI is InChI=1S/C12H22N4O/c1-16-12(17-2)7-11(15-16)9-14-8-10-3-5-13-6-4-10/h7,10,13-14H,3-6,8-9H2,1-2H3. The van der Waals surface area contributed by atoms with Crippen LogP contribution in [0.5, 0.6) is 5.88 Å². The van der Waals surface area contributed by atoms with Crippen molar-refractivity contribution in [2.24, 2.45) is 13.0 Å². The average Bonchev–Trinajstić information content (AvgIpc) is 2.71. The number of aromatic nitrogens is 2. The van der Waals surface area contributed by atoms with Crippen molar-refractivity contribution in [3.63, 3.8) is 0 Å². The molecule has 0 unspecified atom stereocenters. The SMILES string of the molecule is COc1cc(CNCC2CCNCC2)nn1C. The third kappa shape index (κ3) is 3.44. The quantitative estimate of drug-likeness (QED) is 0.785. The van der Waals surface area contributed by atoms with E-state index in [1.165, 1.54) is 12.8 Å². The number of piperidine rings is 1. The van der Waals surface area contributed by atoms with Crippen LogP contribution in [0.4, 0.5) is 0 Å². The topological polar surface area (TPSA) is 51.1 Å². The molecule has 5 nitrogen and oxygen atoms in total. The van der Waals surface area contributed by atoms with Gasteiger partial charge in [0.1, 0.15) is 0 Å². The van der Waals surface area contributed by atoms with E-state index in [1.807, 2.05) is 13.1 Å². The van der Waals surface area contributed by atoms with Gasteiger partial charge >= 0.3 is 0 Å². The zero-order valence-corrected chi connectivity index (χ0v) is 10.7. The van der Waals surface area contributed by atoms with Crippen LogP contribution in [0.1, 0.15) is 18.5 Å². The molecule has 0 saturated carbocycles. The minimum Gasteiger partial charge on any atom is -0.481 e. The van der Waals surface area contributed by atoms with Gasteiger partial charge in [0, 0.05) is 19.7 Å². The molecule has 0 spiro atoms. The highest BCUT2D eigenvalue weighted by Crippen LogP contribution is 2.12. The Morgan fingerprint density at radius 1 is 1.53 bits per heavy atom. The summed E-state index contributed by atoms with van der Waals surface area (Å²) >= 11 is 0. The molecule has 2 heterocycles. The second-order valence-corrected chi connectivity index (χ2v) is 4.63. The van der Waals surface area contributed by atoms with E-state index in [0.29, 0.717) is 0 Å². The molecule has 5 heteroatoms. The lowest BCUT2D eigenvalue weighted by molar-refractivity contribution is 0.355. The molecular weight excluding hydrogens is 216 g/mol. The molecule has 0 aliphatic carbocycles. The zero-order chi connectivity index (χ0) is 12.1. The lowest BCUT2D eigenvalue weighted by atomic mass is 9.98. The van der Waals surface area contributed by atoms with Gasteiger partial charge in [-0.05, 0) is 38.4 Å². The third-order valence-corrected chi connectivity index (χ3v) is 3.29. The summed E-state index contributed by atoms with van der Waals surface area (Å²) in [6.45, 7) is 4.22. The molecule has 0 bridgehead atoms. The maximum atomic E-state index is 5.19. The lowest BCUT2D eigenvalue weighted by Crippen LogP contribution is -2.33. The van der Waals surface area contributed by atoms with Crippen molar-refractivity contribution in [2.75, 3.05) is 26.7 Å². The fraction of sp³-hybridized carbons (Fsp3) is 0.750. The number of rotatable bonds is 5. The summed E-state index contributed by atoms with van der Waals surface area (Å²) < 4.78 is 6.95. The summed E-state index contributed by atoms with van der Waals surface area (Å²) in [7, 11) is 3.57. The Labute approximate surface area is 103 Å². The van der Waals surface area contributed by atoms with E-state index >= 15 is 0 Å². The van der Waals surface area contributed by atoms with Crippen molar-refractivity contribution >= 4 is 0 Å². The average molecular weight is 238 g/mol. The Hall–Kier alpha value is -1.07. The van der Waals surface area contributed by atoms with Crippen molar-refractivity contribution < 1.29 is 4.74 Å². The molecule has 0 radical (unpaired) electrons. The molecule has 1 aliphatic rings. The molecule has 96 valence electrons. The second kappa shape index (κ2) is 6.02. The first kappa shape index (κ1) is 12.4. The number of hydrogen-bond donors (Lipinski definition) is 2. The van der Waals surface area contributed by atoms with Crippen molar-refractivity contribution in [2.45, 2.75) is 19.4 Å². The van der Waals surface area contributed by atoms with Crippen molar-refractivity contribution in [1.82, 2.24) is 20.4 Å². The van der Waals surface area contributed by atoms with Crippen LogP contribution in [-0.4, -0.2) is 36.5 Å². The highest BCUT2D eigenvalue weighted by atomic mass is 16.5. The number of aryl methyl sites for hydroxylation is 1. The number of methoxy groups -OCH3 is 1. The van der Waals surface area contributed by atoms with Gasteiger partial charge in [0.05, 0.1) is 12.8 Å². The van der Waals surface area contributed by atoms with Gasteiger partial charge in [0.15, 0.2) is 0 Å². The smallest absolute Gasteiger partial charge is 0.211 e. The molecular formula is C12H22N4O. The summed E-state index contributed by atoms with van der Waals surface area (Å²) in [5.74, 6) is 1.62. The summed E-state index contributed by atoms with van der Waals surface area (Å²) in [4.78, 5) is 0. The predicted octanol–water partition coefficient (Wildman–Crippen LogP) is 0.518. The lowest BCUT2D eigenvalue weighted by Gasteiger charge is -2.22. The first-order valence-electron chi connectivity index (χ1n) is 6.28. The first-order chi connectivity index (χ1) is 8.29. The summed E-state index contributed by atoms with van der Waals surface area (Å²) in [5, 5.41) is 11.2. The normalized spacial score (nSPS) is 17.3. The maximum Gasteiger partial charge on any atom is 0.211 e. The van der Waals surface area contributed by atoms with Crippen LogP contribution in [-0.2, 0) is 13.6 Å². The first-order valence-corrected chi connectivity index (χ1v) is 6.28. The van der Waals surface area contributed by atoms with Crippen molar-refractivity contribution in [1.29, 1.82) is 0 Å². The van der Waals surface area contributed by atoms with Gasteiger partial charge in [-0.1, -0.05) is 0 Å². The fourth-order valence-electron chi connectivity index (χ4n) is 2.27. The Morgan fingerprint density at radius 3 is 2.94 bits per heavy atom. The van der Waals surface area contributed by atoms with Crippen LogP contribution in [0.3, 0.4) is 0 Å². The molecule has 2 N–H and O–H groups in total. The molecule has 1 aromatic heterocycles. The van der Waals surface area contributed by atoms with Gasteiger partial charge in [-0.25, -0.2) is 4.68 Å². The summed E-state index contributed by atoms with van der Waals surface area (Å²) in [5.41, 5.74) is 1.04. The number of ether oxygens (including phenoxy) is 1. The summed E-state index contributed by atoms with van der Waals surface area (Å²) in [6.07, 6.45) is 2.55. The van der Waals surface area contributed by atoms with Crippen molar-refractivity contribution in [3.8, 4) is 5.88 Å². The number of nitrogens with zero attached hydrogens (tertiary/aromatic N) is 2. The Bertz CT molecular complexity index is 344. The number of nitrogens with one attached hydrogen (secondary N) is 2. The highest BCUT2D eigenvalue weighted by molar-refractivity contribution is 5.15. The van der Waals surface area contributed by atoms with Crippen LogP contribution >= 0.6 is 0 Å². The van der Waals surface area contributed by atoms with E-state index in [-0.39, 0.29) is 0 Å². The third-order valence-electron chi connectivity index (χ3n) is 3.29. The molecule has 2 rings (SSSR count). The van der Waals surface area contributed by atoms with Gasteiger partial charge in [-0.15, -0.1) is 0 Å². The minimum atomic E-state index is 0.807. The molecule has 17 heavy (non-hydrogen) atoms.